The van der Waals surface area contributed by atoms with Crippen LogP contribution in [-0.2, 0) is 9.53 Å². The van der Waals surface area contributed by atoms with Crippen LogP contribution < -0.4 is 5.32 Å². The van der Waals surface area contributed by atoms with Crippen LogP contribution in [-0.4, -0.2) is 26.0 Å². The van der Waals surface area contributed by atoms with Crippen LogP contribution in [0.25, 0.3) is 0 Å². The number of rotatable bonds is 3. The molecule has 0 radical (unpaired) electrons. The molecule has 0 spiro atoms. The monoisotopic (exact) mass is 372 g/mol. The first-order valence-electron chi connectivity index (χ1n) is 7.00. The van der Waals surface area contributed by atoms with Crippen LogP contribution in [0.1, 0.15) is 26.7 Å². The molecule has 2 rings (SSSR count). The van der Waals surface area contributed by atoms with Crippen LogP contribution in [0.15, 0.2) is 22.7 Å². The average Bonchev–Trinajstić information content (AvgIpc) is 2.49. The Kier molecular flexibility index (Phi) is 9.63. The third-order valence-corrected chi connectivity index (χ3v) is 3.57. The lowest BCUT2D eigenvalue weighted by Crippen LogP contribution is -2.49. The average molecular weight is 373 g/mol. The molecule has 0 aliphatic heterocycles. The molecule has 0 amide bonds. The lowest BCUT2D eigenvalue weighted by molar-refractivity contribution is -0.114. The fourth-order valence-electron chi connectivity index (χ4n) is 2.00. The summed E-state index contributed by atoms with van der Waals surface area (Å²) in [6.07, 6.45) is 1.81. The van der Waals surface area contributed by atoms with Crippen molar-refractivity contribution in [2.75, 3.05) is 19.5 Å². The van der Waals surface area contributed by atoms with Crippen LogP contribution in [0.2, 0.25) is 0 Å². The summed E-state index contributed by atoms with van der Waals surface area (Å²) in [6, 6.07) is 6.77. The molecule has 0 heterocycles. The van der Waals surface area contributed by atoms with Crippen LogP contribution in [0.3, 0.4) is 0 Å². The number of hydrogen-bond acceptors (Lipinski definition) is 4. The number of nitrogens with zero attached hydrogens (tertiary/aromatic N) is 1. The summed E-state index contributed by atoms with van der Waals surface area (Å²) in [5, 5.41) is 12.1. The van der Waals surface area contributed by atoms with Gasteiger partial charge in [-0.3, -0.25) is 0 Å². The highest BCUT2D eigenvalue weighted by atomic mass is 79.9. The maximum absolute atomic E-state index is 13.3. The molecular formula is C16H22BrFN2O2. The molecular weight excluding hydrogens is 351 g/mol. The molecule has 1 aliphatic carbocycles. The number of aldehydes is 1. The van der Waals surface area contributed by atoms with Gasteiger partial charge in [0, 0.05) is 25.8 Å². The predicted octanol–water partition coefficient (Wildman–Crippen LogP) is 4.16. The van der Waals surface area contributed by atoms with E-state index in [1.54, 1.807) is 26.4 Å². The quantitative estimate of drug-likeness (QED) is 0.809. The third-order valence-electron chi connectivity index (χ3n) is 2.93. The summed E-state index contributed by atoms with van der Waals surface area (Å²) in [7, 11) is 3.25. The zero-order valence-electron chi connectivity index (χ0n) is 13.3. The van der Waals surface area contributed by atoms with Crippen molar-refractivity contribution in [3.8, 4) is 6.07 Å². The van der Waals surface area contributed by atoms with E-state index in [-0.39, 0.29) is 11.7 Å². The summed E-state index contributed by atoms with van der Waals surface area (Å²) in [5.41, 5.74) is -0.178. The molecule has 0 saturated heterocycles. The Hall–Kier alpha value is -1.45. The second-order valence-electron chi connectivity index (χ2n) is 4.66. The van der Waals surface area contributed by atoms with Gasteiger partial charge in [0.2, 0.25) is 0 Å². The number of anilines is 1. The normalized spacial score (nSPS) is 21.8. The third kappa shape index (κ3) is 5.74. The Balaban J connectivity index is 0.000000789. The van der Waals surface area contributed by atoms with Crippen molar-refractivity contribution in [1.82, 2.24) is 0 Å². The number of nitriles is 1. The molecule has 0 atom stereocenters. The van der Waals surface area contributed by atoms with Gasteiger partial charge in [-0.05, 0) is 47.0 Å². The van der Waals surface area contributed by atoms with E-state index in [4.69, 9.17) is 5.26 Å². The number of halogens is 2. The lowest BCUT2D eigenvalue weighted by Gasteiger charge is -2.41. The van der Waals surface area contributed by atoms with Crippen molar-refractivity contribution in [2.24, 2.45) is 5.92 Å². The highest BCUT2D eigenvalue weighted by molar-refractivity contribution is 9.10. The Labute approximate surface area is 139 Å². The van der Waals surface area contributed by atoms with Gasteiger partial charge in [-0.15, -0.1) is 0 Å². The van der Waals surface area contributed by atoms with E-state index in [0.29, 0.717) is 23.0 Å². The minimum atomic E-state index is -0.730. The summed E-state index contributed by atoms with van der Waals surface area (Å²) in [5.74, 6) is -0.447. The molecule has 1 fully saturated rings. The minimum absolute atomic E-state index is 0.0672. The first-order chi connectivity index (χ1) is 10.5. The Morgan fingerprint density at radius 3 is 2.41 bits per heavy atom. The number of benzene rings is 1. The molecule has 0 aromatic heterocycles. The number of carbonyl (C=O) groups is 1. The van der Waals surface area contributed by atoms with E-state index >= 15 is 0 Å². The standard InChI is InChI=1S/C12H10BrFN2O.C2H6O.C2H6/c13-10-2-1-9(3-11(10)14)16-12(7-15)4-8(5-12)6-17;1-3-2;1-2/h1-3,6,8,16H,4-5H2;1-2H3;1-2H3. The van der Waals surface area contributed by atoms with Crippen molar-refractivity contribution in [3.63, 3.8) is 0 Å². The molecule has 4 nitrogen and oxygen atoms in total. The Bertz CT molecular complexity index is 511. The van der Waals surface area contributed by atoms with Crippen molar-refractivity contribution >= 4 is 27.9 Å². The number of hydrogen-bond donors (Lipinski definition) is 1. The molecule has 0 bridgehead atoms. The van der Waals surface area contributed by atoms with Gasteiger partial charge in [0.15, 0.2) is 0 Å². The number of carbonyl (C=O) groups excluding carboxylic acids is 1. The Morgan fingerprint density at radius 2 is 2.00 bits per heavy atom. The zero-order valence-corrected chi connectivity index (χ0v) is 14.9. The van der Waals surface area contributed by atoms with Crippen LogP contribution in [0.5, 0.6) is 0 Å². The molecule has 1 aliphatic rings. The lowest BCUT2D eigenvalue weighted by atomic mass is 9.69. The van der Waals surface area contributed by atoms with Gasteiger partial charge in [0.25, 0.3) is 0 Å². The van der Waals surface area contributed by atoms with E-state index in [1.807, 2.05) is 13.8 Å². The topological polar surface area (TPSA) is 62.1 Å². The van der Waals surface area contributed by atoms with Gasteiger partial charge >= 0.3 is 0 Å². The maximum atomic E-state index is 13.3. The van der Waals surface area contributed by atoms with Gasteiger partial charge < -0.3 is 14.8 Å². The number of methoxy groups -OCH3 is 1. The van der Waals surface area contributed by atoms with Crippen molar-refractivity contribution in [3.05, 3.63) is 28.5 Å². The van der Waals surface area contributed by atoms with E-state index in [1.165, 1.54) is 6.07 Å². The molecule has 22 heavy (non-hydrogen) atoms. The smallest absolute Gasteiger partial charge is 0.139 e. The second kappa shape index (κ2) is 10.3. The minimum Gasteiger partial charge on any atom is -0.388 e. The summed E-state index contributed by atoms with van der Waals surface area (Å²) < 4.78 is 17.9. The molecule has 1 saturated carbocycles. The highest BCUT2D eigenvalue weighted by Gasteiger charge is 2.44. The van der Waals surface area contributed by atoms with E-state index in [9.17, 15) is 9.18 Å². The summed E-state index contributed by atoms with van der Waals surface area (Å²) >= 11 is 3.06. The fraction of sp³-hybridized carbons (Fsp3) is 0.500. The Morgan fingerprint density at radius 1 is 1.45 bits per heavy atom. The van der Waals surface area contributed by atoms with Gasteiger partial charge in [-0.1, -0.05) is 13.8 Å². The zero-order chi connectivity index (χ0) is 17.2. The maximum Gasteiger partial charge on any atom is 0.139 e. The van der Waals surface area contributed by atoms with E-state index < -0.39 is 5.54 Å². The van der Waals surface area contributed by atoms with E-state index in [0.717, 1.165) is 6.29 Å². The second-order valence-corrected chi connectivity index (χ2v) is 5.51. The van der Waals surface area contributed by atoms with Crippen molar-refractivity contribution < 1.29 is 13.9 Å². The molecule has 1 aromatic rings. The van der Waals surface area contributed by atoms with E-state index in [2.05, 4.69) is 32.1 Å². The molecule has 6 heteroatoms. The summed E-state index contributed by atoms with van der Waals surface area (Å²) in [6.45, 7) is 4.00. The van der Waals surface area contributed by atoms with Crippen LogP contribution in [0.4, 0.5) is 10.1 Å². The van der Waals surface area contributed by atoms with Gasteiger partial charge in [-0.2, -0.15) is 5.26 Å². The van der Waals surface area contributed by atoms with Crippen molar-refractivity contribution in [2.45, 2.75) is 32.2 Å². The molecule has 1 aromatic carbocycles. The van der Waals surface area contributed by atoms with Crippen molar-refractivity contribution in [1.29, 1.82) is 5.26 Å². The van der Waals surface area contributed by atoms with Gasteiger partial charge in [0.1, 0.15) is 17.6 Å². The predicted molar refractivity (Wildman–Crippen MR) is 89.1 cm³/mol. The molecule has 1 N–H and O–H groups in total. The van der Waals surface area contributed by atoms with Gasteiger partial charge in [-0.25, -0.2) is 4.39 Å². The summed E-state index contributed by atoms with van der Waals surface area (Å²) in [4.78, 5) is 10.5. The first kappa shape index (κ1) is 20.6. The SMILES string of the molecule is CC.COC.N#CC1(Nc2ccc(Br)c(F)c2)CC(C=O)C1. The van der Waals surface area contributed by atoms with Crippen LogP contribution in [0, 0.1) is 23.1 Å². The van der Waals surface area contributed by atoms with Crippen LogP contribution >= 0.6 is 15.9 Å². The largest absolute Gasteiger partial charge is 0.388 e. The number of nitrogens with one attached hydrogen (secondary N) is 1. The highest BCUT2D eigenvalue weighted by Crippen LogP contribution is 2.39. The number of ether oxygens (including phenoxy) is 1. The fourth-order valence-corrected chi connectivity index (χ4v) is 2.25. The molecule has 122 valence electrons. The first-order valence-corrected chi connectivity index (χ1v) is 7.79. The molecule has 0 unspecified atom stereocenters. The van der Waals surface area contributed by atoms with Gasteiger partial charge in [0.05, 0.1) is 10.5 Å².